The molecule has 0 aromatic carbocycles. The average Bonchev–Trinajstić information content (AvgIpc) is 3.13. The second kappa shape index (κ2) is 5.89. The summed E-state index contributed by atoms with van der Waals surface area (Å²) in [5.74, 6) is -2.35. The third-order valence-electron chi connectivity index (χ3n) is 6.35. The third kappa shape index (κ3) is 2.63. The highest BCUT2D eigenvalue weighted by atomic mass is 16.9. The zero-order valence-corrected chi connectivity index (χ0v) is 14.4. The van der Waals surface area contributed by atoms with Crippen molar-refractivity contribution in [3.05, 3.63) is 0 Å². The highest BCUT2D eigenvalue weighted by molar-refractivity contribution is 5.73. The molecule has 2 spiro atoms. The van der Waals surface area contributed by atoms with Gasteiger partial charge in [0.1, 0.15) is 18.3 Å². The van der Waals surface area contributed by atoms with Gasteiger partial charge in [-0.1, -0.05) is 12.8 Å². The molecule has 0 aromatic rings. The number of fused-ring (bicyclic) bond motifs is 3. The number of hydrogen-bond donors (Lipinski definition) is 1. The predicted molar refractivity (Wildman–Crippen MR) is 83.6 cm³/mol. The Hall–Kier alpha value is -0.730. The number of carbonyl (C=O) groups is 1. The van der Waals surface area contributed by atoms with Crippen molar-refractivity contribution in [1.29, 1.82) is 0 Å². The fourth-order valence-corrected chi connectivity index (χ4v) is 5.16. The highest BCUT2D eigenvalue weighted by Crippen LogP contribution is 2.50. The highest BCUT2D eigenvalue weighted by Gasteiger charge is 2.65. The van der Waals surface area contributed by atoms with Crippen molar-refractivity contribution < 1.29 is 33.6 Å². The van der Waals surface area contributed by atoms with E-state index in [0.29, 0.717) is 0 Å². The summed E-state index contributed by atoms with van der Waals surface area (Å²) in [5.41, 5.74) is 0. The third-order valence-corrected chi connectivity index (χ3v) is 6.35. The Morgan fingerprint density at radius 2 is 1.24 bits per heavy atom. The maximum absolute atomic E-state index is 11.8. The summed E-state index contributed by atoms with van der Waals surface area (Å²) in [6, 6.07) is 0. The smallest absolute Gasteiger partial charge is 0.335 e. The molecule has 2 saturated carbocycles. The zero-order chi connectivity index (χ0) is 17.1. The maximum atomic E-state index is 11.8. The maximum Gasteiger partial charge on any atom is 0.335 e. The quantitative estimate of drug-likeness (QED) is 0.773. The first kappa shape index (κ1) is 16.4. The molecule has 5 fully saturated rings. The number of carboxylic acids is 1. The van der Waals surface area contributed by atoms with Crippen LogP contribution in [0, 0.1) is 0 Å². The molecule has 5 atom stereocenters. The molecule has 5 aliphatic rings. The lowest BCUT2D eigenvalue weighted by Crippen LogP contribution is -2.57. The van der Waals surface area contributed by atoms with Gasteiger partial charge in [-0.2, -0.15) is 0 Å². The van der Waals surface area contributed by atoms with E-state index in [0.717, 1.165) is 57.8 Å². The van der Waals surface area contributed by atoms with E-state index in [1.807, 2.05) is 0 Å². The Labute approximate surface area is 146 Å². The van der Waals surface area contributed by atoms with Gasteiger partial charge in [0, 0.05) is 25.7 Å². The second-order valence-corrected chi connectivity index (χ2v) is 8.07. The van der Waals surface area contributed by atoms with Crippen LogP contribution in [0.3, 0.4) is 0 Å². The molecule has 0 bridgehead atoms. The van der Waals surface area contributed by atoms with Crippen molar-refractivity contribution in [3.63, 3.8) is 0 Å². The van der Waals surface area contributed by atoms with Gasteiger partial charge in [-0.25, -0.2) is 4.79 Å². The van der Waals surface area contributed by atoms with Crippen LogP contribution in [0.1, 0.15) is 64.2 Å². The van der Waals surface area contributed by atoms with Gasteiger partial charge in [-0.15, -0.1) is 0 Å². The molecule has 140 valence electrons. The molecular formula is C18H26O7. The number of rotatable bonds is 1. The first-order valence-electron chi connectivity index (χ1n) is 9.69. The van der Waals surface area contributed by atoms with Crippen LogP contribution in [0.5, 0.6) is 0 Å². The number of aliphatic carboxylic acids is 1. The molecule has 1 N–H and O–H groups in total. The lowest BCUT2D eigenvalue weighted by atomic mass is 9.94. The second-order valence-electron chi connectivity index (χ2n) is 8.07. The molecule has 2 aliphatic carbocycles. The lowest BCUT2D eigenvalue weighted by molar-refractivity contribution is -0.251. The van der Waals surface area contributed by atoms with Crippen molar-refractivity contribution in [3.8, 4) is 0 Å². The topological polar surface area (TPSA) is 83.5 Å². The fourth-order valence-electron chi connectivity index (χ4n) is 5.16. The molecule has 0 amide bonds. The van der Waals surface area contributed by atoms with Gasteiger partial charge in [0.05, 0.1) is 0 Å². The van der Waals surface area contributed by atoms with Crippen LogP contribution >= 0.6 is 0 Å². The van der Waals surface area contributed by atoms with E-state index < -0.39 is 48.2 Å². The molecule has 3 heterocycles. The molecule has 3 saturated heterocycles. The standard InChI is InChI=1S/C18H26O7/c19-15(20)13-11-12(23-17(22-11)7-3-1-4-8-17)14-16(21-13)25-18(24-14)9-5-2-6-10-18/h11-14,16H,1-10H2,(H,19,20)/t11-,12+,13+,14-,16-/m1/s1. The summed E-state index contributed by atoms with van der Waals surface area (Å²) in [6.45, 7) is 0. The largest absolute Gasteiger partial charge is 0.479 e. The Balaban J connectivity index is 1.43. The summed E-state index contributed by atoms with van der Waals surface area (Å²) in [7, 11) is 0. The number of ether oxygens (including phenoxy) is 5. The van der Waals surface area contributed by atoms with Gasteiger partial charge in [-0.05, 0) is 25.7 Å². The zero-order valence-electron chi connectivity index (χ0n) is 14.4. The minimum Gasteiger partial charge on any atom is -0.479 e. The Bertz CT molecular complexity index is 538. The van der Waals surface area contributed by atoms with Crippen molar-refractivity contribution in [2.45, 2.75) is 106 Å². The van der Waals surface area contributed by atoms with Gasteiger partial charge in [0.25, 0.3) is 0 Å². The van der Waals surface area contributed by atoms with Gasteiger partial charge in [0.2, 0.25) is 0 Å². The van der Waals surface area contributed by atoms with Gasteiger partial charge in [-0.3, -0.25) is 0 Å². The number of hydrogen-bond acceptors (Lipinski definition) is 6. The van der Waals surface area contributed by atoms with Crippen LogP contribution in [0.15, 0.2) is 0 Å². The SMILES string of the molecule is O=C(O)[C@H]1O[C@@H]2OC3(CCCCC3)O[C@@H]2[C@H]2OC3(CCCCC3)O[C@H]21. The summed E-state index contributed by atoms with van der Waals surface area (Å²) >= 11 is 0. The first-order valence-corrected chi connectivity index (χ1v) is 9.69. The van der Waals surface area contributed by atoms with Crippen molar-refractivity contribution >= 4 is 5.97 Å². The molecule has 25 heavy (non-hydrogen) atoms. The fraction of sp³-hybridized carbons (Fsp3) is 0.944. The van der Waals surface area contributed by atoms with E-state index in [1.54, 1.807) is 0 Å². The molecule has 0 aromatic heterocycles. The molecular weight excluding hydrogens is 328 g/mol. The van der Waals surface area contributed by atoms with Crippen LogP contribution < -0.4 is 0 Å². The minimum absolute atomic E-state index is 0.417. The van der Waals surface area contributed by atoms with Crippen molar-refractivity contribution in [2.24, 2.45) is 0 Å². The van der Waals surface area contributed by atoms with Gasteiger partial charge in [0.15, 0.2) is 24.0 Å². The summed E-state index contributed by atoms with van der Waals surface area (Å²) in [5, 5.41) is 9.64. The van der Waals surface area contributed by atoms with Crippen molar-refractivity contribution in [1.82, 2.24) is 0 Å². The van der Waals surface area contributed by atoms with Crippen LogP contribution in [-0.2, 0) is 28.5 Å². The van der Waals surface area contributed by atoms with Crippen LogP contribution in [0.2, 0.25) is 0 Å². The monoisotopic (exact) mass is 354 g/mol. The molecule has 0 unspecified atom stereocenters. The molecule has 7 heteroatoms. The molecule has 3 aliphatic heterocycles. The van der Waals surface area contributed by atoms with E-state index in [4.69, 9.17) is 23.7 Å². The predicted octanol–water partition coefficient (Wildman–Crippen LogP) is 2.32. The van der Waals surface area contributed by atoms with Crippen LogP contribution in [0.25, 0.3) is 0 Å². The number of carboxylic acid groups (broad SMARTS) is 1. The van der Waals surface area contributed by atoms with Crippen LogP contribution in [-0.4, -0.2) is 53.4 Å². The van der Waals surface area contributed by atoms with E-state index in [1.165, 1.54) is 6.42 Å². The van der Waals surface area contributed by atoms with E-state index in [9.17, 15) is 9.90 Å². The van der Waals surface area contributed by atoms with Crippen molar-refractivity contribution in [2.75, 3.05) is 0 Å². The van der Waals surface area contributed by atoms with Crippen LogP contribution in [0.4, 0.5) is 0 Å². The van der Waals surface area contributed by atoms with E-state index in [-0.39, 0.29) is 0 Å². The normalized spacial score (nSPS) is 44.6. The van der Waals surface area contributed by atoms with E-state index in [2.05, 4.69) is 0 Å². The van der Waals surface area contributed by atoms with E-state index >= 15 is 0 Å². The summed E-state index contributed by atoms with van der Waals surface area (Å²) in [4.78, 5) is 11.8. The Morgan fingerprint density at radius 3 is 1.84 bits per heavy atom. The first-order chi connectivity index (χ1) is 12.1. The lowest BCUT2D eigenvalue weighted by Gasteiger charge is -2.35. The Morgan fingerprint density at radius 1 is 0.720 bits per heavy atom. The summed E-state index contributed by atoms with van der Waals surface area (Å²) in [6.07, 6.45) is 6.50. The molecule has 7 nitrogen and oxygen atoms in total. The van der Waals surface area contributed by atoms with Gasteiger partial charge >= 0.3 is 5.97 Å². The molecule has 0 radical (unpaired) electrons. The summed E-state index contributed by atoms with van der Waals surface area (Å²) < 4.78 is 30.8. The average molecular weight is 354 g/mol. The molecule has 5 rings (SSSR count). The minimum atomic E-state index is -1.07. The Kier molecular flexibility index (Phi) is 3.87. The van der Waals surface area contributed by atoms with Gasteiger partial charge < -0.3 is 28.8 Å².